The number of ether oxygens (including phenoxy) is 2. The molecule has 0 spiro atoms. The molecule has 31 heavy (non-hydrogen) atoms. The Labute approximate surface area is 188 Å². The summed E-state index contributed by atoms with van der Waals surface area (Å²) in [6, 6.07) is 0. The van der Waals surface area contributed by atoms with Gasteiger partial charge < -0.3 is 35.0 Å². The van der Waals surface area contributed by atoms with E-state index in [2.05, 4.69) is 6.92 Å². The van der Waals surface area contributed by atoms with E-state index in [1.165, 1.54) is 77.0 Å². The van der Waals surface area contributed by atoms with E-state index >= 15 is 0 Å². The fourth-order valence-corrected chi connectivity index (χ4v) is 4.08. The van der Waals surface area contributed by atoms with Crippen molar-refractivity contribution >= 4 is 0 Å². The van der Waals surface area contributed by atoms with Gasteiger partial charge in [-0.15, -0.1) is 0 Å². The van der Waals surface area contributed by atoms with Gasteiger partial charge in [0, 0.05) is 6.61 Å². The van der Waals surface area contributed by atoms with Crippen LogP contribution in [0.5, 0.6) is 0 Å². The smallest absolute Gasteiger partial charge is 0.115 e. The highest BCUT2D eigenvalue weighted by Crippen LogP contribution is 2.24. The Balaban J connectivity index is 1.84. The van der Waals surface area contributed by atoms with Crippen molar-refractivity contribution in [3.8, 4) is 0 Å². The van der Waals surface area contributed by atoms with Crippen molar-refractivity contribution in [2.45, 2.75) is 133 Å². The second-order valence-electron chi connectivity index (χ2n) is 9.09. The Kier molecular flexibility index (Phi) is 16.9. The number of aliphatic hydroxyl groups excluding tert-OH is 5. The maximum absolute atomic E-state index is 9.89. The zero-order chi connectivity index (χ0) is 22.9. The zero-order valence-corrected chi connectivity index (χ0v) is 19.5. The zero-order valence-electron chi connectivity index (χ0n) is 19.5. The minimum atomic E-state index is -1.45. The third-order valence-electron chi connectivity index (χ3n) is 6.16. The Morgan fingerprint density at radius 3 is 1.45 bits per heavy atom. The highest BCUT2D eigenvalue weighted by atomic mass is 16.5. The molecule has 0 aliphatic heterocycles. The monoisotopic (exact) mass is 448 g/mol. The van der Waals surface area contributed by atoms with Gasteiger partial charge in [-0.1, -0.05) is 90.4 Å². The van der Waals surface area contributed by atoms with Gasteiger partial charge in [-0.2, -0.15) is 0 Å². The van der Waals surface area contributed by atoms with Crippen molar-refractivity contribution < 1.29 is 35.0 Å². The van der Waals surface area contributed by atoms with E-state index in [-0.39, 0.29) is 13.2 Å². The van der Waals surface area contributed by atoms with E-state index in [9.17, 15) is 25.5 Å². The molecule has 0 radical (unpaired) electrons. The van der Waals surface area contributed by atoms with Crippen LogP contribution in [-0.4, -0.2) is 82.0 Å². The van der Waals surface area contributed by atoms with Gasteiger partial charge in [-0.05, 0) is 6.42 Å². The first-order chi connectivity index (χ1) is 15.0. The summed E-state index contributed by atoms with van der Waals surface area (Å²) in [5.41, 5.74) is 0. The number of hydrogen-bond acceptors (Lipinski definition) is 7. The number of hydrogen-bond donors (Lipinski definition) is 5. The van der Waals surface area contributed by atoms with E-state index in [4.69, 9.17) is 9.47 Å². The van der Waals surface area contributed by atoms with Gasteiger partial charge in [0.15, 0.2) is 0 Å². The summed E-state index contributed by atoms with van der Waals surface area (Å²) in [6.07, 6.45) is 10.6. The van der Waals surface area contributed by atoms with E-state index in [1.807, 2.05) is 0 Å². The lowest BCUT2D eigenvalue weighted by Gasteiger charge is -2.21. The van der Waals surface area contributed by atoms with Gasteiger partial charge in [0.2, 0.25) is 0 Å². The normalized spacial score (nSPS) is 27.1. The van der Waals surface area contributed by atoms with Gasteiger partial charge in [0.1, 0.15) is 36.6 Å². The summed E-state index contributed by atoms with van der Waals surface area (Å²) in [6.45, 7) is 2.81. The van der Waals surface area contributed by atoms with Gasteiger partial charge in [0.05, 0.1) is 13.2 Å². The predicted octanol–water partition coefficient (Wildman–Crippen LogP) is 2.69. The molecule has 5 unspecified atom stereocenters. The van der Waals surface area contributed by atoms with Crippen LogP contribution in [0.1, 0.15) is 96.8 Å². The molecule has 0 aromatic carbocycles. The molecule has 0 aromatic rings. The van der Waals surface area contributed by atoms with Gasteiger partial charge in [-0.3, -0.25) is 0 Å². The lowest BCUT2D eigenvalue weighted by Crippen LogP contribution is -2.38. The molecule has 186 valence electrons. The molecule has 1 saturated carbocycles. The molecular formula is C24H48O7. The van der Waals surface area contributed by atoms with Crippen LogP contribution in [0.2, 0.25) is 0 Å². The average molecular weight is 449 g/mol. The summed E-state index contributed by atoms with van der Waals surface area (Å²) < 4.78 is 10.7. The van der Waals surface area contributed by atoms with E-state index in [1.54, 1.807) is 0 Å². The quantitative estimate of drug-likeness (QED) is 0.182. The minimum Gasteiger partial charge on any atom is -0.388 e. The van der Waals surface area contributed by atoms with Crippen LogP contribution < -0.4 is 0 Å². The Hall–Kier alpha value is -0.280. The molecule has 1 aliphatic rings. The third-order valence-corrected chi connectivity index (χ3v) is 6.16. The summed E-state index contributed by atoms with van der Waals surface area (Å²) in [5.74, 6) is 0. The highest BCUT2D eigenvalue weighted by molar-refractivity contribution is 4.99. The molecule has 0 amide bonds. The maximum atomic E-state index is 9.89. The van der Waals surface area contributed by atoms with Crippen molar-refractivity contribution in [2.75, 3.05) is 19.8 Å². The van der Waals surface area contributed by atoms with Crippen LogP contribution in [0.15, 0.2) is 0 Å². The summed E-state index contributed by atoms with van der Waals surface area (Å²) in [5, 5.41) is 48.4. The minimum absolute atomic E-state index is 0.114. The largest absolute Gasteiger partial charge is 0.388 e. The Bertz CT molecular complexity index is 395. The van der Waals surface area contributed by atoms with Crippen molar-refractivity contribution in [1.29, 1.82) is 0 Å². The van der Waals surface area contributed by atoms with E-state index in [0.29, 0.717) is 6.61 Å². The maximum Gasteiger partial charge on any atom is 0.115 e. The van der Waals surface area contributed by atoms with Crippen LogP contribution >= 0.6 is 0 Å². The predicted molar refractivity (Wildman–Crippen MR) is 121 cm³/mol. The van der Waals surface area contributed by atoms with Gasteiger partial charge in [-0.25, -0.2) is 0 Å². The first-order valence-corrected chi connectivity index (χ1v) is 12.6. The standard InChI is InChI=1S/C24H48O7/c1-2-3-4-5-6-7-8-9-10-11-12-13-14-15-16-30-17-19(25)18-31-24-22(28)20(26)21(27)23(24)29/h19-29H,2-18H2,1H3. The fraction of sp³-hybridized carbons (Fsp3) is 1.00. The van der Waals surface area contributed by atoms with E-state index in [0.717, 1.165) is 12.8 Å². The van der Waals surface area contributed by atoms with Gasteiger partial charge in [0.25, 0.3) is 0 Å². The van der Waals surface area contributed by atoms with Crippen molar-refractivity contribution in [3.05, 3.63) is 0 Å². The molecule has 0 saturated heterocycles. The molecule has 0 aromatic heterocycles. The summed E-state index contributed by atoms with van der Waals surface area (Å²) in [4.78, 5) is 0. The molecule has 1 fully saturated rings. The molecule has 1 rings (SSSR count). The molecule has 5 atom stereocenters. The fourth-order valence-electron chi connectivity index (χ4n) is 4.08. The van der Waals surface area contributed by atoms with Crippen LogP contribution in [0.4, 0.5) is 0 Å². The van der Waals surface area contributed by atoms with Crippen molar-refractivity contribution in [1.82, 2.24) is 0 Å². The molecular weight excluding hydrogens is 400 g/mol. The van der Waals surface area contributed by atoms with Crippen LogP contribution in [0.3, 0.4) is 0 Å². The van der Waals surface area contributed by atoms with Crippen LogP contribution in [0, 0.1) is 0 Å². The summed E-state index contributed by atoms with van der Waals surface area (Å²) in [7, 11) is 0. The van der Waals surface area contributed by atoms with Crippen molar-refractivity contribution in [3.63, 3.8) is 0 Å². The van der Waals surface area contributed by atoms with Crippen LogP contribution in [0.25, 0.3) is 0 Å². The number of aliphatic hydroxyl groups is 5. The Morgan fingerprint density at radius 1 is 0.581 bits per heavy atom. The lowest BCUT2D eigenvalue weighted by atomic mass is 10.0. The topological polar surface area (TPSA) is 120 Å². The Morgan fingerprint density at radius 2 is 1.00 bits per heavy atom. The molecule has 7 heteroatoms. The summed E-state index contributed by atoms with van der Waals surface area (Å²) >= 11 is 0. The molecule has 0 bridgehead atoms. The second-order valence-corrected chi connectivity index (χ2v) is 9.09. The average Bonchev–Trinajstić information content (AvgIpc) is 2.94. The lowest BCUT2D eigenvalue weighted by molar-refractivity contribution is -0.113. The van der Waals surface area contributed by atoms with Gasteiger partial charge >= 0.3 is 0 Å². The second kappa shape index (κ2) is 18.2. The molecule has 0 heterocycles. The SMILES string of the molecule is CCCCCCCCCCCCCCCCOCC(O)COC1C(O)C(O)C(O)C1O. The molecule has 1 aliphatic carbocycles. The number of unbranched alkanes of at least 4 members (excludes halogenated alkanes) is 13. The third kappa shape index (κ3) is 12.5. The first kappa shape index (κ1) is 28.8. The number of rotatable bonds is 20. The first-order valence-electron chi connectivity index (χ1n) is 12.6. The van der Waals surface area contributed by atoms with Crippen molar-refractivity contribution in [2.24, 2.45) is 0 Å². The highest BCUT2D eigenvalue weighted by Gasteiger charge is 2.49. The van der Waals surface area contributed by atoms with Crippen LogP contribution in [-0.2, 0) is 9.47 Å². The van der Waals surface area contributed by atoms with E-state index < -0.39 is 36.6 Å². The molecule has 5 N–H and O–H groups in total. The molecule has 7 nitrogen and oxygen atoms in total.